The maximum absolute atomic E-state index is 6.00. The molecule has 0 aromatic heterocycles. The molecule has 4 heteroatoms. The Morgan fingerprint density at radius 1 is 1.21 bits per heavy atom. The molecule has 0 bridgehead atoms. The van der Waals surface area contributed by atoms with E-state index in [0.29, 0.717) is 12.6 Å². The Morgan fingerprint density at radius 3 is 2.32 bits per heavy atom. The van der Waals surface area contributed by atoms with Crippen molar-refractivity contribution in [3.8, 4) is 11.5 Å². The molecule has 0 aliphatic heterocycles. The molecular formula is C15H26N2O2. The smallest absolute Gasteiger partial charge is 0.165 e. The van der Waals surface area contributed by atoms with Crippen molar-refractivity contribution in [2.75, 3.05) is 27.3 Å². The van der Waals surface area contributed by atoms with Crippen molar-refractivity contribution in [1.82, 2.24) is 4.90 Å². The summed E-state index contributed by atoms with van der Waals surface area (Å²) in [6, 6.07) is 6.50. The third kappa shape index (κ3) is 3.39. The van der Waals surface area contributed by atoms with Gasteiger partial charge in [-0.25, -0.2) is 0 Å². The molecule has 1 aromatic rings. The largest absolute Gasteiger partial charge is 0.493 e. The van der Waals surface area contributed by atoms with Crippen molar-refractivity contribution in [3.63, 3.8) is 0 Å². The van der Waals surface area contributed by atoms with Crippen LogP contribution in [0.15, 0.2) is 18.2 Å². The number of rotatable bonds is 7. The number of hydrogen-bond donors (Lipinski definition) is 1. The van der Waals surface area contributed by atoms with Crippen LogP contribution in [0.4, 0.5) is 0 Å². The van der Waals surface area contributed by atoms with Gasteiger partial charge in [-0.3, -0.25) is 4.90 Å². The first-order valence-corrected chi connectivity index (χ1v) is 6.77. The maximum atomic E-state index is 6.00. The molecule has 2 N–H and O–H groups in total. The summed E-state index contributed by atoms with van der Waals surface area (Å²) in [4.78, 5) is 2.36. The van der Waals surface area contributed by atoms with Crippen LogP contribution >= 0.6 is 0 Å². The first-order chi connectivity index (χ1) is 9.10. The minimum absolute atomic E-state index is 0.134. The third-order valence-corrected chi connectivity index (χ3v) is 3.44. The molecule has 0 saturated heterocycles. The summed E-state index contributed by atoms with van der Waals surface area (Å²) in [6.45, 7) is 8.00. The van der Waals surface area contributed by atoms with Gasteiger partial charge < -0.3 is 15.2 Å². The lowest BCUT2D eigenvalue weighted by Gasteiger charge is -2.34. The van der Waals surface area contributed by atoms with Crippen molar-refractivity contribution < 1.29 is 9.47 Å². The number of likely N-dealkylation sites (N-methyl/N-ethyl adjacent to an activating group) is 1. The molecule has 1 unspecified atom stereocenters. The summed E-state index contributed by atoms with van der Waals surface area (Å²) in [5.74, 6) is 1.53. The van der Waals surface area contributed by atoms with E-state index in [1.54, 1.807) is 14.2 Å². The Bertz CT molecular complexity index is 394. The lowest BCUT2D eigenvalue weighted by Crippen LogP contribution is -2.38. The lowest BCUT2D eigenvalue weighted by molar-refractivity contribution is 0.163. The van der Waals surface area contributed by atoms with E-state index in [1.165, 1.54) is 0 Å². The molecule has 19 heavy (non-hydrogen) atoms. The topological polar surface area (TPSA) is 47.7 Å². The molecule has 0 amide bonds. The van der Waals surface area contributed by atoms with Crippen molar-refractivity contribution in [2.24, 2.45) is 5.73 Å². The number of nitrogens with two attached hydrogens (primary N) is 1. The Hall–Kier alpha value is -1.26. The molecule has 0 saturated carbocycles. The quantitative estimate of drug-likeness (QED) is 0.823. The van der Waals surface area contributed by atoms with E-state index in [4.69, 9.17) is 15.2 Å². The van der Waals surface area contributed by atoms with Gasteiger partial charge >= 0.3 is 0 Å². The highest BCUT2D eigenvalue weighted by atomic mass is 16.5. The van der Waals surface area contributed by atoms with Gasteiger partial charge in [-0.2, -0.15) is 0 Å². The number of benzene rings is 1. The fourth-order valence-electron chi connectivity index (χ4n) is 2.56. The van der Waals surface area contributed by atoms with Gasteiger partial charge in [0.2, 0.25) is 0 Å². The number of methoxy groups -OCH3 is 2. The SMILES string of the molecule is CCN(C(C)C)C(CN)c1cccc(OC)c1OC. The normalized spacial score (nSPS) is 12.8. The second-order valence-electron chi connectivity index (χ2n) is 4.76. The second-order valence-corrected chi connectivity index (χ2v) is 4.76. The molecular weight excluding hydrogens is 240 g/mol. The van der Waals surface area contributed by atoms with Crippen LogP contribution in [0, 0.1) is 0 Å². The average molecular weight is 266 g/mol. The van der Waals surface area contributed by atoms with Crippen LogP contribution in [0.3, 0.4) is 0 Å². The molecule has 1 aromatic carbocycles. The van der Waals surface area contributed by atoms with Gasteiger partial charge in [0.05, 0.1) is 20.3 Å². The van der Waals surface area contributed by atoms with Gasteiger partial charge in [0, 0.05) is 18.2 Å². The zero-order valence-corrected chi connectivity index (χ0v) is 12.6. The minimum Gasteiger partial charge on any atom is -0.493 e. The van der Waals surface area contributed by atoms with Gasteiger partial charge in [-0.05, 0) is 26.5 Å². The van der Waals surface area contributed by atoms with Crippen molar-refractivity contribution in [3.05, 3.63) is 23.8 Å². The number of para-hydroxylation sites is 1. The monoisotopic (exact) mass is 266 g/mol. The fourth-order valence-corrected chi connectivity index (χ4v) is 2.56. The van der Waals surface area contributed by atoms with Crippen molar-refractivity contribution in [2.45, 2.75) is 32.9 Å². The van der Waals surface area contributed by atoms with Crippen LogP contribution in [0.1, 0.15) is 32.4 Å². The molecule has 108 valence electrons. The highest BCUT2D eigenvalue weighted by Crippen LogP contribution is 2.36. The number of hydrogen-bond acceptors (Lipinski definition) is 4. The van der Waals surface area contributed by atoms with Crippen molar-refractivity contribution in [1.29, 1.82) is 0 Å². The number of ether oxygens (including phenoxy) is 2. The van der Waals surface area contributed by atoms with E-state index in [1.807, 2.05) is 12.1 Å². The van der Waals surface area contributed by atoms with E-state index in [-0.39, 0.29) is 6.04 Å². The van der Waals surface area contributed by atoms with Crippen molar-refractivity contribution >= 4 is 0 Å². The predicted octanol–water partition coefficient (Wildman–Crippen LogP) is 2.43. The van der Waals surface area contributed by atoms with Gasteiger partial charge in [0.1, 0.15) is 0 Å². The second kappa shape index (κ2) is 7.36. The highest BCUT2D eigenvalue weighted by Gasteiger charge is 2.24. The molecule has 0 aliphatic rings. The summed E-state index contributed by atoms with van der Waals surface area (Å²) in [5.41, 5.74) is 7.08. The Balaban J connectivity index is 3.24. The van der Waals surface area contributed by atoms with E-state index in [0.717, 1.165) is 23.6 Å². The average Bonchev–Trinajstić information content (AvgIpc) is 2.43. The highest BCUT2D eigenvalue weighted by molar-refractivity contribution is 5.48. The van der Waals surface area contributed by atoms with Gasteiger partial charge in [-0.15, -0.1) is 0 Å². The van der Waals surface area contributed by atoms with Crippen LogP contribution in [-0.2, 0) is 0 Å². The van der Waals surface area contributed by atoms with Crippen LogP contribution in [-0.4, -0.2) is 38.3 Å². The van der Waals surface area contributed by atoms with Gasteiger partial charge in [-0.1, -0.05) is 19.1 Å². The molecule has 0 heterocycles. The molecule has 0 fully saturated rings. The zero-order chi connectivity index (χ0) is 14.4. The fraction of sp³-hybridized carbons (Fsp3) is 0.600. The van der Waals surface area contributed by atoms with E-state index < -0.39 is 0 Å². The summed E-state index contributed by atoms with van der Waals surface area (Å²) in [5, 5.41) is 0. The molecule has 1 rings (SSSR count). The van der Waals surface area contributed by atoms with Crippen LogP contribution in [0.2, 0.25) is 0 Å². The summed E-state index contributed by atoms with van der Waals surface area (Å²) in [6.07, 6.45) is 0. The summed E-state index contributed by atoms with van der Waals surface area (Å²) >= 11 is 0. The maximum Gasteiger partial charge on any atom is 0.165 e. The van der Waals surface area contributed by atoms with E-state index >= 15 is 0 Å². The van der Waals surface area contributed by atoms with Crippen LogP contribution in [0.5, 0.6) is 11.5 Å². The first-order valence-electron chi connectivity index (χ1n) is 6.77. The molecule has 4 nitrogen and oxygen atoms in total. The Morgan fingerprint density at radius 2 is 1.89 bits per heavy atom. The predicted molar refractivity (Wildman–Crippen MR) is 78.9 cm³/mol. The summed E-state index contributed by atoms with van der Waals surface area (Å²) < 4.78 is 10.9. The molecule has 0 radical (unpaired) electrons. The van der Waals surface area contributed by atoms with Crippen LogP contribution < -0.4 is 15.2 Å². The van der Waals surface area contributed by atoms with E-state index in [9.17, 15) is 0 Å². The lowest BCUT2D eigenvalue weighted by atomic mass is 10.0. The van der Waals surface area contributed by atoms with Gasteiger partial charge in [0.15, 0.2) is 11.5 Å². The molecule has 0 spiro atoms. The standard InChI is InChI=1S/C15H26N2O2/c1-6-17(11(2)3)13(10-16)12-8-7-9-14(18-4)15(12)19-5/h7-9,11,13H,6,10,16H2,1-5H3. The zero-order valence-electron chi connectivity index (χ0n) is 12.6. The van der Waals surface area contributed by atoms with Gasteiger partial charge in [0.25, 0.3) is 0 Å². The first kappa shape index (κ1) is 15.8. The summed E-state index contributed by atoms with van der Waals surface area (Å²) in [7, 11) is 3.32. The van der Waals surface area contributed by atoms with E-state index in [2.05, 4.69) is 31.7 Å². The molecule has 1 atom stereocenters. The minimum atomic E-state index is 0.134. The number of nitrogens with zero attached hydrogens (tertiary/aromatic N) is 1. The Labute approximate surface area is 116 Å². The van der Waals surface area contributed by atoms with Crippen LogP contribution in [0.25, 0.3) is 0 Å². The molecule has 0 aliphatic carbocycles. The Kier molecular flexibility index (Phi) is 6.12. The third-order valence-electron chi connectivity index (χ3n) is 3.44.